The Balaban J connectivity index is 2.13. The number of hydrogen-bond donors (Lipinski definition) is 3. The molecule has 0 aliphatic heterocycles. The number of anilines is 2. The van der Waals surface area contributed by atoms with Crippen LogP contribution < -0.4 is 15.4 Å². The van der Waals surface area contributed by atoms with Crippen molar-refractivity contribution in [1.29, 1.82) is 0 Å². The fraction of sp³-hybridized carbons (Fsp3) is 0.286. The lowest BCUT2D eigenvalue weighted by atomic mass is 10.1. The molecular formula is C21H24F3N3O3S. The van der Waals surface area contributed by atoms with Gasteiger partial charge in [-0.1, -0.05) is 6.92 Å². The van der Waals surface area contributed by atoms with E-state index < -0.39 is 45.1 Å². The summed E-state index contributed by atoms with van der Waals surface area (Å²) < 4.78 is 66.0. The van der Waals surface area contributed by atoms with Gasteiger partial charge in [-0.3, -0.25) is 9.52 Å². The van der Waals surface area contributed by atoms with Gasteiger partial charge in [0.15, 0.2) is 11.6 Å². The topological polar surface area (TPSA) is 87.3 Å². The zero-order valence-electron chi connectivity index (χ0n) is 17.3. The summed E-state index contributed by atoms with van der Waals surface area (Å²) in [5.41, 5.74) is 0.471. The standard InChI is InChI=1S/C21H24F3N3O3S/c1-4-9-25-19-12-16(22)7-5-14(19)6-8-20(28)26-13(2)15-10-17(23)21(18(24)11-15)27-31(3,29)30/h5-8,10-13,25,27H,4,9H2,1-3H3,(H,26,28). The largest absolute Gasteiger partial charge is 0.384 e. The van der Waals surface area contributed by atoms with E-state index in [9.17, 15) is 26.4 Å². The normalized spacial score (nSPS) is 12.6. The van der Waals surface area contributed by atoms with Crippen LogP contribution in [0.2, 0.25) is 0 Å². The monoisotopic (exact) mass is 455 g/mol. The van der Waals surface area contributed by atoms with Crippen LogP contribution in [0.1, 0.15) is 37.4 Å². The number of benzene rings is 2. The van der Waals surface area contributed by atoms with Gasteiger partial charge in [-0.25, -0.2) is 21.6 Å². The van der Waals surface area contributed by atoms with Crippen LogP contribution in [0.25, 0.3) is 6.08 Å². The summed E-state index contributed by atoms with van der Waals surface area (Å²) in [6.07, 6.45) is 4.34. The molecule has 1 unspecified atom stereocenters. The maximum absolute atomic E-state index is 14.2. The number of carbonyl (C=O) groups excluding carboxylic acids is 1. The third-order valence-electron chi connectivity index (χ3n) is 4.21. The number of rotatable bonds is 9. The molecule has 0 heterocycles. The van der Waals surface area contributed by atoms with Crippen molar-refractivity contribution in [1.82, 2.24) is 5.32 Å². The lowest BCUT2D eigenvalue weighted by Crippen LogP contribution is -2.25. The van der Waals surface area contributed by atoms with E-state index in [2.05, 4.69) is 10.6 Å². The molecule has 0 radical (unpaired) electrons. The van der Waals surface area contributed by atoms with Gasteiger partial charge in [-0.05, 0) is 60.9 Å². The smallest absolute Gasteiger partial charge is 0.244 e. The van der Waals surface area contributed by atoms with E-state index in [1.165, 1.54) is 37.3 Å². The minimum Gasteiger partial charge on any atom is -0.384 e. The van der Waals surface area contributed by atoms with Crippen LogP contribution in [-0.2, 0) is 14.8 Å². The second-order valence-electron chi connectivity index (χ2n) is 6.96. The van der Waals surface area contributed by atoms with E-state index in [4.69, 9.17) is 0 Å². The van der Waals surface area contributed by atoms with Gasteiger partial charge in [-0.2, -0.15) is 0 Å². The van der Waals surface area contributed by atoms with E-state index in [0.717, 1.165) is 24.8 Å². The second-order valence-corrected chi connectivity index (χ2v) is 8.70. The van der Waals surface area contributed by atoms with Crippen LogP contribution in [0, 0.1) is 17.5 Å². The zero-order chi connectivity index (χ0) is 23.2. The molecule has 0 spiro atoms. The quantitative estimate of drug-likeness (QED) is 0.495. The summed E-state index contributed by atoms with van der Waals surface area (Å²) in [5.74, 6) is -3.14. The fourth-order valence-corrected chi connectivity index (χ4v) is 3.29. The number of hydrogen-bond acceptors (Lipinski definition) is 4. The zero-order valence-corrected chi connectivity index (χ0v) is 18.1. The van der Waals surface area contributed by atoms with E-state index in [1.54, 1.807) is 4.72 Å². The minimum atomic E-state index is -3.86. The van der Waals surface area contributed by atoms with Gasteiger partial charge in [-0.15, -0.1) is 0 Å². The highest BCUT2D eigenvalue weighted by Crippen LogP contribution is 2.25. The number of sulfonamides is 1. The van der Waals surface area contributed by atoms with Gasteiger partial charge in [0.25, 0.3) is 0 Å². The van der Waals surface area contributed by atoms with Crippen molar-refractivity contribution in [3.05, 3.63) is 65.0 Å². The van der Waals surface area contributed by atoms with Gasteiger partial charge in [0.2, 0.25) is 15.9 Å². The summed E-state index contributed by atoms with van der Waals surface area (Å²) in [6, 6.07) is 5.25. The maximum atomic E-state index is 14.2. The summed E-state index contributed by atoms with van der Waals surface area (Å²) in [7, 11) is -3.86. The van der Waals surface area contributed by atoms with Gasteiger partial charge in [0.05, 0.1) is 12.3 Å². The number of carbonyl (C=O) groups is 1. The molecule has 2 aromatic carbocycles. The lowest BCUT2D eigenvalue weighted by Gasteiger charge is -2.15. The first-order valence-corrected chi connectivity index (χ1v) is 11.4. The van der Waals surface area contributed by atoms with Crippen molar-refractivity contribution >= 4 is 33.4 Å². The van der Waals surface area contributed by atoms with Gasteiger partial charge in [0, 0.05) is 18.3 Å². The lowest BCUT2D eigenvalue weighted by molar-refractivity contribution is -0.117. The average Bonchev–Trinajstić information content (AvgIpc) is 2.67. The van der Waals surface area contributed by atoms with E-state index >= 15 is 0 Å². The number of nitrogens with one attached hydrogen (secondary N) is 3. The van der Waals surface area contributed by atoms with Crippen LogP contribution in [0.4, 0.5) is 24.5 Å². The van der Waals surface area contributed by atoms with E-state index in [1.807, 2.05) is 6.92 Å². The fourth-order valence-electron chi connectivity index (χ4n) is 2.72. The second kappa shape index (κ2) is 10.3. The maximum Gasteiger partial charge on any atom is 0.244 e. The molecule has 31 heavy (non-hydrogen) atoms. The molecule has 168 valence electrons. The predicted octanol–water partition coefficient (Wildman–Crippen LogP) is 4.19. The Kier molecular flexibility index (Phi) is 8.09. The van der Waals surface area contributed by atoms with Gasteiger partial charge < -0.3 is 10.6 Å². The summed E-state index contributed by atoms with van der Waals surface area (Å²) >= 11 is 0. The SMILES string of the molecule is CCCNc1cc(F)ccc1C=CC(=O)NC(C)c1cc(F)c(NS(C)(=O)=O)c(F)c1. The van der Waals surface area contributed by atoms with Gasteiger partial charge in [0.1, 0.15) is 11.5 Å². The first-order valence-electron chi connectivity index (χ1n) is 9.49. The van der Waals surface area contributed by atoms with Crippen LogP contribution in [0.15, 0.2) is 36.4 Å². The molecule has 0 aromatic heterocycles. The Morgan fingerprint density at radius 3 is 2.35 bits per heavy atom. The molecule has 6 nitrogen and oxygen atoms in total. The number of halogens is 3. The molecule has 0 aliphatic carbocycles. The highest BCUT2D eigenvalue weighted by atomic mass is 32.2. The van der Waals surface area contributed by atoms with Crippen molar-refractivity contribution in [3.8, 4) is 0 Å². The highest BCUT2D eigenvalue weighted by molar-refractivity contribution is 7.92. The molecule has 0 fully saturated rings. The molecule has 1 amide bonds. The highest BCUT2D eigenvalue weighted by Gasteiger charge is 2.18. The summed E-state index contributed by atoms with van der Waals surface area (Å²) in [4.78, 5) is 12.2. The summed E-state index contributed by atoms with van der Waals surface area (Å²) in [6.45, 7) is 4.12. The molecule has 2 rings (SSSR count). The van der Waals surface area contributed by atoms with E-state index in [0.29, 0.717) is 17.8 Å². The molecule has 10 heteroatoms. The van der Waals surface area contributed by atoms with E-state index in [-0.39, 0.29) is 5.56 Å². The third kappa shape index (κ3) is 7.32. The van der Waals surface area contributed by atoms with Crippen LogP contribution >= 0.6 is 0 Å². The first kappa shape index (κ1) is 24.3. The van der Waals surface area contributed by atoms with Crippen LogP contribution in [0.3, 0.4) is 0 Å². The molecule has 1 atom stereocenters. The Labute approximate surface area is 179 Å². The Morgan fingerprint density at radius 2 is 1.77 bits per heavy atom. The van der Waals surface area contributed by atoms with Crippen molar-refractivity contribution in [3.63, 3.8) is 0 Å². The van der Waals surface area contributed by atoms with Crippen molar-refractivity contribution in [2.24, 2.45) is 0 Å². The Hall–Kier alpha value is -3.01. The molecular weight excluding hydrogens is 431 g/mol. The third-order valence-corrected chi connectivity index (χ3v) is 4.78. The van der Waals surface area contributed by atoms with Crippen molar-refractivity contribution < 1.29 is 26.4 Å². The van der Waals surface area contributed by atoms with Crippen molar-refractivity contribution in [2.45, 2.75) is 26.3 Å². The minimum absolute atomic E-state index is 0.114. The first-order chi connectivity index (χ1) is 14.5. The average molecular weight is 456 g/mol. The molecule has 0 aliphatic rings. The van der Waals surface area contributed by atoms with Crippen molar-refractivity contribution in [2.75, 3.05) is 22.8 Å². The summed E-state index contributed by atoms with van der Waals surface area (Å²) in [5, 5.41) is 5.64. The molecule has 0 saturated heterocycles. The van der Waals surface area contributed by atoms with Crippen LogP contribution in [0.5, 0.6) is 0 Å². The Bertz CT molecular complexity index is 1070. The van der Waals surface area contributed by atoms with Crippen LogP contribution in [-0.4, -0.2) is 27.1 Å². The molecule has 0 saturated carbocycles. The molecule has 3 N–H and O–H groups in total. The van der Waals surface area contributed by atoms with Gasteiger partial charge >= 0.3 is 0 Å². The molecule has 0 bridgehead atoms. The predicted molar refractivity (Wildman–Crippen MR) is 116 cm³/mol. The Morgan fingerprint density at radius 1 is 1.13 bits per heavy atom. The number of amides is 1. The molecule has 2 aromatic rings.